The van der Waals surface area contributed by atoms with E-state index in [2.05, 4.69) is 15.6 Å². The second-order valence-corrected chi connectivity index (χ2v) is 8.31. The highest BCUT2D eigenvalue weighted by Crippen LogP contribution is 2.19. The molecule has 4 amide bonds. The Morgan fingerprint density at radius 2 is 1.61 bits per heavy atom. The molecule has 202 valence electrons. The van der Waals surface area contributed by atoms with Crippen molar-refractivity contribution in [2.75, 3.05) is 13.1 Å². The molecule has 12 N–H and O–H groups in total. The maximum absolute atomic E-state index is 13.1. The van der Waals surface area contributed by atoms with Gasteiger partial charge in [0.25, 0.3) is 0 Å². The third kappa shape index (κ3) is 10.1. The summed E-state index contributed by atoms with van der Waals surface area (Å²) in [5.74, 6) is -5.88. The van der Waals surface area contributed by atoms with Gasteiger partial charge in [-0.1, -0.05) is 0 Å². The number of aliphatic imine (C=N–C) groups is 1. The summed E-state index contributed by atoms with van der Waals surface area (Å²) >= 11 is 0. The van der Waals surface area contributed by atoms with E-state index in [4.69, 9.17) is 28.0 Å². The summed E-state index contributed by atoms with van der Waals surface area (Å²) in [5, 5.41) is 23.1. The first-order valence-corrected chi connectivity index (χ1v) is 11.3. The van der Waals surface area contributed by atoms with Crippen LogP contribution < -0.4 is 33.6 Å². The largest absolute Gasteiger partial charge is 0.481 e. The lowest BCUT2D eigenvalue weighted by molar-refractivity contribution is -0.149. The number of nitrogens with two attached hydrogens (primary N) is 4. The minimum Gasteiger partial charge on any atom is -0.481 e. The minimum absolute atomic E-state index is 0.00760. The quantitative estimate of drug-likeness (QED) is 0.0594. The van der Waals surface area contributed by atoms with Gasteiger partial charge < -0.3 is 48.7 Å². The number of amides is 4. The number of carboxylic acid groups (broad SMARTS) is 2. The minimum atomic E-state index is -1.44. The molecule has 0 bridgehead atoms. The van der Waals surface area contributed by atoms with Crippen LogP contribution >= 0.6 is 0 Å². The van der Waals surface area contributed by atoms with Crippen molar-refractivity contribution >= 4 is 41.5 Å². The number of likely N-dealkylation sites (tertiary alicyclic amines) is 1. The van der Waals surface area contributed by atoms with Gasteiger partial charge in [-0.25, -0.2) is 4.79 Å². The number of primary amides is 1. The van der Waals surface area contributed by atoms with Crippen molar-refractivity contribution in [2.45, 2.75) is 69.1 Å². The number of carbonyl (C=O) groups excluding carboxylic acids is 4. The lowest BCUT2D eigenvalue weighted by Gasteiger charge is -2.29. The molecule has 16 heteroatoms. The molecule has 1 saturated heterocycles. The first-order valence-electron chi connectivity index (χ1n) is 11.3. The summed E-state index contributed by atoms with van der Waals surface area (Å²) in [6, 6.07) is -5.07. The normalized spacial score (nSPS) is 17.4. The van der Waals surface area contributed by atoms with E-state index in [1.807, 2.05) is 0 Å². The molecule has 4 unspecified atom stereocenters. The molecule has 0 spiro atoms. The van der Waals surface area contributed by atoms with Crippen molar-refractivity contribution in [1.82, 2.24) is 15.5 Å². The summed E-state index contributed by atoms with van der Waals surface area (Å²) in [7, 11) is 0. The number of nitrogens with one attached hydrogen (secondary N) is 2. The molecule has 0 aromatic carbocycles. The molecule has 0 saturated carbocycles. The summed E-state index contributed by atoms with van der Waals surface area (Å²) < 4.78 is 0. The molecular formula is C20H34N8O8. The highest BCUT2D eigenvalue weighted by molar-refractivity contribution is 5.95. The molecule has 0 radical (unpaired) electrons. The molecule has 0 aliphatic carbocycles. The molecule has 1 fully saturated rings. The van der Waals surface area contributed by atoms with Gasteiger partial charge >= 0.3 is 11.9 Å². The predicted octanol–water partition coefficient (Wildman–Crippen LogP) is -3.85. The summed E-state index contributed by atoms with van der Waals surface area (Å²) in [5.41, 5.74) is 21.3. The zero-order valence-electron chi connectivity index (χ0n) is 19.7. The first-order chi connectivity index (χ1) is 16.8. The number of carboxylic acids is 2. The number of hydrogen-bond donors (Lipinski definition) is 8. The smallest absolute Gasteiger partial charge is 0.326 e. The second-order valence-electron chi connectivity index (χ2n) is 8.31. The fraction of sp³-hybridized carbons (Fsp3) is 0.650. The summed E-state index contributed by atoms with van der Waals surface area (Å²) in [6.07, 6.45) is -0.251. The monoisotopic (exact) mass is 514 g/mol. The van der Waals surface area contributed by atoms with E-state index in [0.717, 1.165) is 4.90 Å². The second kappa shape index (κ2) is 14.4. The van der Waals surface area contributed by atoms with Crippen LogP contribution in [0.4, 0.5) is 0 Å². The molecule has 16 nitrogen and oxygen atoms in total. The molecular weight excluding hydrogens is 480 g/mol. The van der Waals surface area contributed by atoms with Crippen molar-refractivity contribution in [1.29, 1.82) is 0 Å². The predicted molar refractivity (Wildman–Crippen MR) is 125 cm³/mol. The third-order valence-corrected chi connectivity index (χ3v) is 5.42. The Balaban J connectivity index is 3.06. The Morgan fingerprint density at radius 3 is 2.17 bits per heavy atom. The SMILES string of the molecule is NC(=O)CCC(NC(=O)C(CCCN=C(N)N)NC(=O)C(N)CC(=O)O)C(=O)N1CCCC1C(=O)O. The van der Waals surface area contributed by atoms with Gasteiger partial charge in [0.1, 0.15) is 18.1 Å². The maximum Gasteiger partial charge on any atom is 0.326 e. The number of nitrogens with zero attached hydrogens (tertiary/aromatic N) is 2. The van der Waals surface area contributed by atoms with Gasteiger partial charge in [-0.15, -0.1) is 0 Å². The van der Waals surface area contributed by atoms with Crippen LogP contribution in [0, 0.1) is 0 Å². The van der Waals surface area contributed by atoms with E-state index in [9.17, 15) is 33.9 Å². The van der Waals surface area contributed by atoms with Gasteiger partial charge in [-0.05, 0) is 32.1 Å². The van der Waals surface area contributed by atoms with Gasteiger partial charge in [0.2, 0.25) is 23.6 Å². The van der Waals surface area contributed by atoms with Crippen molar-refractivity contribution in [3.05, 3.63) is 0 Å². The molecule has 1 rings (SSSR count). The van der Waals surface area contributed by atoms with Crippen molar-refractivity contribution < 1.29 is 39.0 Å². The number of hydrogen-bond acceptors (Lipinski definition) is 8. The zero-order valence-corrected chi connectivity index (χ0v) is 19.7. The number of guanidine groups is 1. The Hall–Kier alpha value is -3.95. The standard InChI is InChI=1S/C20H34N8O8/c21-10(9-15(30)31)16(32)26-11(3-1-7-25-20(23)24)17(33)27-12(5-6-14(22)29)18(34)28-8-2-4-13(28)19(35)36/h10-13H,1-9,21H2,(H2,22,29)(H,26,32)(H,27,33)(H,30,31)(H,35,36)(H4,23,24,25). The molecule has 0 aromatic rings. The van der Waals surface area contributed by atoms with Crippen LogP contribution in [0.15, 0.2) is 4.99 Å². The van der Waals surface area contributed by atoms with E-state index in [1.54, 1.807) is 0 Å². The average molecular weight is 515 g/mol. The van der Waals surface area contributed by atoms with Crippen LogP contribution in [-0.2, 0) is 28.8 Å². The van der Waals surface area contributed by atoms with Crippen LogP contribution in [0.1, 0.15) is 44.9 Å². The van der Waals surface area contributed by atoms with Gasteiger partial charge in [0, 0.05) is 19.5 Å². The van der Waals surface area contributed by atoms with E-state index in [1.165, 1.54) is 0 Å². The lowest BCUT2D eigenvalue weighted by Crippen LogP contribution is -2.57. The van der Waals surface area contributed by atoms with E-state index in [-0.39, 0.29) is 51.2 Å². The van der Waals surface area contributed by atoms with Gasteiger partial charge in [0.15, 0.2) is 5.96 Å². The van der Waals surface area contributed by atoms with Crippen LogP contribution in [0.25, 0.3) is 0 Å². The molecule has 4 atom stereocenters. The van der Waals surface area contributed by atoms with Crippen LogP contribution in [0.3, 0.4) is 0 Å². The topological polar surface area (TPSA) is 287 Å². The number of rotatable bonds is 15. The van der Waals surface area contributed by atoms with Crippen molar-refractivity contribution in [3.8, 4) is 0 Å². The number of aliphatic carboxylic acids is 2. The Bertz CT molecular complexity index is 876. The van der Waals surface area contributed by atoms with Crippen LogP contribution in [0.2, 0.25) is 0 Å². The molecule has 36 heavy (non-hydrogen) atoms. The number of carbonyl (C=O) groups is 6. The van der Waals surface area contributed by atoms with Crippen molar-refractivity contribution in [2.24, 2.45) is 27.9 Å². The van der Waals surface area contributed by atoms with E-state index < -0.39 is 66.2 Å². The fourth-order valence-electron chi connectivity index (χ4n) is 3.64. The molecule has 0 aromatic heterocycles. The third-order valence-electron chi connectivity index (χ3n) is 5.42. The van der Waals surface area contributed by atoms with Crippen LogP contribution in [-0.4, -0.2) is 93.9 Å². The Labute approximate surface area is 206 Å². The Kier molecular flexibility index (Phi) is 12.1. The van der Waals surface area contributed by atoms with E-state index in [0.29, 0.717) is 6.42 Å². The maximum atomic E-state index is 13.1. The van der Waals surface area contributed by atoms with E-state index >= 15 is 0 Å². The lowest BCUT2D eigenvalue weighted by atomic mass is 10.1. The Morgan fingerprint density at radius 1 is 0.972 bits per heavy atom. The average Bonchev–Trinajstić information content (AvgIpc) is 3.27. The highest BCUT2D eigenvalue weighted by atomic mass is 16.4. The van der Waals surface area contributed by atoms with Gasteiger partial charge in [-0.3, -0.25) is 29.0 Å². The molecule has 1 heterocycles. The summed E-state index contributed by atoms with van der Waals surface area (Å²) in [4.78, 5) is 77.1. The zero-order chi connectivity index (χ0) is 27.4. The van der Waals surface area contributed by atoms with Gasteiger partial charge in [0.05, 0.1) is 12.5 Å². The summed E-state index contributed by atoms with van der Waals surface area (Å²) in [6.45, 7) is 0.267. The first kappa shape index (κ1) is 30.1. The fourth-order valence-corrected chi connectivity index (χ4v) is 3.64. The van der Waals surface area contributed by atoms with Crippen LogP contribution in [0.5, 0.6) is 0 Å². The molecule has 1 aliphatic heterocycles. The molecule has 1 aliphatic rings. The highest BCUT2D eigenvalue weighted by Gasteiger charge is 2.38. The van der Waals surface area contributed by atoms with Gasteiger partial charge in [-0.2, -0.15) is 0 Å². The van der Waals surface area contributed by atoms with Crippen molar-refractivity contribution in [3.63, 3.8) is 0 Å².